The Balaban J connectivity index is 1.50. The Morgan fingerprint density at radius 2 is 1.66 bits per heavy atom. The highest BCUT2D eigenvalue weighted by Crippen LogP contribution is 2.36. The van der Waals surface area contributed by atoms with Gasteiger partial charge in [-0.3, -0.25) is 9.59 Å². The van der Waals surface area contributed by atoms with Crippen molar-refractivity contribution in [3.63, 3.8) is 0 Å². The van der Waals surface area contributed by atoms with Crippen molar-refractivity contribution in [1.29, 1.82) is 0 Å². The molecule has 0 radical (unpaired) electrons. The third-order valence-electron chi connectivity index (χ3n) is 5.95. The third-order valence-corrected chi connectivity index (χ3v) is 5.95. The summed E-state index contributed by atoms with van der Waals surface area (Å²) < 4.78 is 7.18. The fraction of sp³-hybridized carbons (Fsp3) is 0.348. The van der Waals surface area contributed by atoms with Crippen LogP contribution in [-0.2, 0) is 21.7 Å². The summed E-state index contributed by atoms with van der Waals surface area (Å²) in [5.74, 6) is -0.0907. The van der Waals surface area contributed by atoms with Gasteiger partial charge in [0.15, 0.2) is 0 Å². The number of aryl methyl sites for hydroxylation is 1. The maximum atomic E-state index is 12.9. The molecule has 1 aliphatic rings. The fourth-order valence-corrected chi connectivity index (χ4v) is 4.21. The summed E-state index contributed by atoms with van der Waals surface area (Å²) in [5.41, 5.74) is 1.28. The van der Waals surface area contributed by atoms with Crippen molar-refractivity contribution in [2.45, 2.75) is 31.9 Å². The average Bonchev–Trinajstić information content (AvgIpc) is 2.78. The molecule has 2 aromatic carbocycles. The number of hydrogen-bond donors (Lipinski definition) is 0. The molecule has 1 fully saturated rings. The van der Waals surface area contributed by atoms with E-state index in [1.807, 2.05) is 43.3 Å². The third kappa shape index (κ3) is 3.56. The molecule has 1 amide bonds. The monoisotopic (exact) mass is 391 g/mol. The molecule has 0 N–H and O–H groups in total. The lowest BCUT2D eigenvalue weighted by Gasteiger charge is -2.41. The Morgan fingerprint density at radius 3 is 2.31 bits per heavy atom. The molecule has 0 spiro atoms. The van der Waals surface area contributed by atoms with E-state index in [4.69, 9.17) is 4.74 Å². The molecule has 6 nitrogen and oxygen atoms in total. The summed E-state index contributed by atoms with van der Waals surface area (Å²) in [6.07, 6.45) is 1.44. The minimum absolute atomic E-state index is 0.0458. The first kappa shape index (κ1) is 19.3. The Hall–Kier alpha value is -2.99. The van der Waals surface area contributed by atoms with E-state index < -0.39 is 0 Å². The zero-order chi connectivity index (χ0) is 20.4. The molecule has 3 aromatic rings. The first-order valence-corrected chi connectivity index (χ1v) is 9.89. The van der Waals surface area contributed by atoms with Crippen LogP contribution in [0.2, 0.25) is 0 Å². The van der Waals surface area contributed by atoms with Crippen molar-refractivity contribution >= 4 is 16.7 Å². The number of benzene rings is 2. The van der Waals surface area contributed by atoms with Gasteiger partial charge in [0.05, 0.1) is 16.7 Å². The van der Waals surface area contributed by atoms with E-state index >= 15 is 0 Å². The van der Waals surface area contributed by atoms with E-state index in [1.165, 1.54) is 4.68 Å². The van der Waals surface area contributed by atoms with Gasteiger partial charge in [0, 0.05) is 25.6 Å². The number of likely N-dealkylation sites (tertiary alicyclic amines) is 1. The van der Waals surface area contributed by atoms with Crippen molar-refractivity contribution < 1.29 is 9.53 Å². The Labute approximate surface area is 169 Å². The standard InChI is InChI=1S/C23H25N3O3/c1-17-19-10-6-7-11-20(19)22(28)26(24-17)16-21(27)25-14-12-23(29-2,13-15-25)18-8-4-3-5-9-18/h3-11H,12-16H2,1-2H3. The lowest BCUT2D eigenvalue weighted by atomic mass is 9.84. The summed E-state index contributed by atoms with van der Waals surface area (Å²) in [4.78, 5) is 27.4. The molecule has 29 heavy (non-hydrogen) atoms. The van der Waals surface area contributed by atoms with E-state index in [1.54, 1.807) is 18.1 Å². The number of fused-ring (bicyclic) bond motifs is 1. The molecule has 0 aliphatic carbocycles. The van der Waals surface area contributed by atoms with Crippen LogP contribution in [-0.4, -0.2) is 40.8 Å². The number of amides is 1. The number of nitrogens with zero attached hydrogens (tertiary/aromatic N) is 3. The predicted molar refractivity (Wildman–Crippen MR) is 112 cm³/mol. The molecule has 1 aromatic heterocycles. The molecule has 0 unspecified atom stereocenters. The van der Waals surface area contributed by atoms with Crippen molar-refractivity contribution in [3.8, 4) is 0 Å². The van der Waals surface area contributed by atoms with Gasteiger partial charge in [-0.2, -0.15) is 5.10 Å². The molecular weight excluding hydrogens is 366 g/mol. The van der Waals surface area contributed by atoms with Crippen LogP contribution >= 0.6 is 0 Å². The summed E-state index contributed by atoms with van der Waals surface area (Å²) >= 11 is 0. The topological polar surface area (TPSA) is 64.4 Å². The van der Waals surface area contributed by atoms with Gasteiger partial charge in [0.1, 0.15) is 6.54 Å². The molecule has 0 bridgehead atoms. The van der Waals surface area contributed by atoms with Crippen LogP contribution in [0, 0.1) is 6.92 Å². The Kier molecular flexibility index (Phi) is 5.20. The van der Waals surface area contributed by atoms with E-state index in [0.717, 1.165) is 29.5 Å². The number of carbonyl (C=O) groups is 1. The second-order valence-corrected chi connectivity index (χ2v) is 7.54. The fourth-order valence-electron chi connectivity index (χ4n) is 4.21. The first-order chi connectivity index (χ1) is 14.0. The first-order valence-electron chi connectivity index (χ1n) is 9.89. The smallest absolute Gasteiger partial charge is 0.275 e. The molecule has 1 aliphatic heterocycles. The Bertz CT molecular complexity index is 1080. The van der Waals surface area contributed by atoms with Gasteiger partial charge in [-0.25, -0.2) is 4.68 Å². The van der Waals surface area contributed by atoms with Gasteiger partial charge in [-0.05, 0) is 31.4 Å². The number of carbonyl (C=O) groups excluding carboxylic acids is 1. The second-order valence-electron chi connectivity index (χ2n) is 7.54. The molecule has 6 heteroatoms. The number of piperidine rings is 1. The normalized spacial score (nSPS) is 16.1. The van der Waals surface area contributed by atoms with Gasteiger partial charge in [-0.15, -0.1) is 0 Å². The zero-order valence-electron chi connectivity index (χ0n) is 16.8. The molecule has 1 saturated heterocycles. The van der Waals surface area contributed by atoms with E-state index in [-0.39, 0.29) is 23.6 Å². The number of hydrogen-bond acceptors (Lipinski definition) is 4. The molecule has 2 heterocycles. The molecular formula is C23H25N3O3. The van der Waals surface area contributed by atoms with Gasteiger partial charge in [0.2, 0.25) is 5.91 Å². The van der Waals surface area contributed by atoms with Crippen molar-refractivity contribution in [1.82, 2.24) is 14.7 Å². The highest BCUT2D eigenvalue weighted by molar-refractivity contribution is 5.83. The van der Waals surface area contributed by atoms with E-state index in [2.05, 4.69) is 17.2 Å². The van der Waals surface area contributed by atoms with Crippen LogP contribution in [0.3, 0.4) is 0 Å². The van der Waals surface area contributed by atoms with Crippen molar-refractivity contribution in [2.75, 3.05) is 20.2 Å². The zero-order valence-corrected chi connectivity index (χ0v) is 16.8. The van der Waals surface area contributed by atoms with Crippen molar-refractivity contribution in [2.24, 2.45) is 0 Å². The van der Waals surface area contributed by atoms with Crippen LogP contribution < -0.4 is 5.56 Å². The van der Waals surface area contributed by atoms with Gasteiger partial charge >= 0.3 is 0 Å². The minimum Gasteiger partial charge on any atom is -0.373 e. The maximum absolute atomic E-state index is 12.9. The number of ether oxygens (including phenoxy) is 1. The van der Waals surface area contributed by atoms with Crippen LogP contribution in [0.4, 0.5) is 0 Å². The molecule has 0 saturated carbocycles. The summed E-state index contributed by atoms with van der Waals surface area (Å²) in [6.45, 7) is 2.98. The molecule has 4 rings (SSSR count). The van der Waals surface area contributed by atoms with Gasteiger partial charge in [-0.1, -0.05) is 48.5 Å². The molecule has 0 atom stereocenters. The van der Waals surface area contributed by atoms with Crippen LogP contribution in [0.1, 0.15) is 24.1 Å². The van der Waals surface area contributed by atoms with E-state index in [0.29, 0.717) is 18.5 Å². The largest absolute Gasteiger partial charge is 0.373 e. The highest BCUT2D eigenvalue weighted by Gasteiger charge is 2.37. The SMILES string of the molecule is COC1(c2ccccc2)CCN(C(=O)Cn2nc(C)c3ccccc3c2=O)CC1. The van der Waals surface area contributed by atoms with E-state index in [9.17, 15) is 9.59 Å². The van der Waals surface area contributed by atoms with Crippen LogP contribution in [0.5, 0.6) is 0 Å². The number of rotatable bonds is 4. The van der Waals surface area contributed by atoms with Crippen LogP contribution in [0.25, 0.3) is 10.8 Å². The minimum atomic E-state index is -0.368. The number of aromatic nitrogens is 2. The highest BCUT2D eigenvalue weighted by atomic mass is 16.5. The quantitative estimate of drug-likeness (QED) is 0.686. The van der Waals surface area contributed by atoms with Gasteiger partial charge in [0.25, 0.3) is 5.56 Å². The van der Waals surface area contributed by atoms with Crippen LogP contribution in [0.15, 0.2) is 59.4 Å². The molecule has 150 valence electrons. The summed E-state index contributed by atoms with van der Waals surface area (Å²) in [7, 11) is 1.73. The maximum Gasteiger partial charge on any atom is 0.275 e. The predicted octanol–water partition coefficient (Wildman–Crippen LogP) is 2.87. The summed E-state index contributed by atoms with van der Waals surface area (Å²) in [6, 6.07) is 17.5. The van der Waals surface area contributed by atoms with Gasteiger partial charge < -0.3 is 9.64 Å². The lowest BCUT2D eigenvalue weighted by Crippen LogP contribution is -2.47. The summed E-state index contributed by atoms with van der Waals surface area (Å²) in [5, 5.41) is 5.78. The number of methoxy groups -OCH3 is 1. The second kappa shape index (κ2) is 7.79. The average molecular weight is 391 g/mol. The van der Waals surface area contributed by atoms with Crippen molar-refractivity contribution in [3.05, 3.63) is 76.2 Å². The Morgan fingerprint density at radius 1 is 1.03 bits per heavy atom. The lowest BCUT2D eigenvalue weighted by molar-refractivity contribution is -0.138.